The molecule has 0 aromatic heterocycles. The molecule has 4 heteroatoms. The average molecular weight is 245 g/mol. The van der Waals surface area contributed by atoms with E-state index in [-0.39, 0.29) is 5.91 Å². The number of nitrogens with one attached hydrogen (secondary N) is 1. The van der Waals surface area contributed by atoms with Gasteiger partial charge in [0.05, 0.1) is 0 Å². The van der Waals surface area contributed by atoms with E-state index in [1.165, 1.54) is 6.08 Å². The molecule has 1 aromatic rings. The molecule has 1 rings (SSSR count). The Kier molecular flexibility index (Phi) is 5.38. The molecule has 0 bridgehead atoms. The maximum atomic E-state index is 11.4. The monoisotopic (exact) mass is 245 g/mol. The van der Waals surface area contributed by atoms with E-state index in [2.05, 4.69) is 11.9 Å². The first-order chi connectivity index (χ1) is 8.61. The molecule has 0 aliphatic heterocycles. The molecule has 2 N–H and O–H groups in total. The topological polar surface area (TPSA) is 66.4 Å². The van der Waals surface area contributed by atoms with Crippen LogP contribution in [0.3, 0.4) is 0 Å². The number of allylic oxidation sites excluding steroid dienone is 1. The smallest absolute Gasteiger partial charge is 0.328 e. The molecule has 0 spiro atoms. The summed E-state index contributed by atoms with van der Waals surface area (Å²) in [6.45, 7) is 3.55. The third-order valence-corrected chi connectivity index (χ3v) is 2.19. The Balaban J connectivity index is 2.57. The zero-order chi connectivity index (χ0) is 13.4. The molecule has 0 fully saturated rings. The van der Waals surface area contributed by atoms with Gasteiger partial charge in [-0.25, -0.2) is 4.79 Å². The van der Waals surface area contributed by atoms with E-state index in [1.54, 1.807) is 30.3 Å². The minimum atomic E-state index is -0.989. The van der Waals surface area contributed by atoms with E-state index in [0.717, 1.165) is 11.6 Å². The van der Waals surface area contributed by atoms with Gasteiger partial charge in [0, 0.05) is 18.2 Å². The van der Waals surface area contributed by atoms with Crippen LogP contribution in [0.2, 0.25) is 0 Å². The van der Waals surface area contributed by atoms with Crippen LogP contribution < -0.4 is 5.32 Å². The molecule has 0 saturated carbocycles. The number of carboxylic acids is 1. The van der Waals surface area contributed by atoms with E-state index in [0.29, 0.717) is 18.5 Å². The molecule has 1 aromatic carbocycles. The van der Waals surface area contributed by atoms with Crippen LogP contribution in [-0.2, 0) is 9.59 Å². The van der Waals surface area contributed by atoms with Gasteiger partial charge in [-0.15, -0.1) is 6.58 Å². The van der Waals surface area contributed by atoms with Crippen molar-refractivity contribution >= 4 is 23.6 Å². The first-order valence-electron chi connectivity index (χ1n) is 5.53. The van der Waals surface area contributed by atoms with Crippen molar-refractivity contribution in [3.05, 3.63) is 48.6 Å². The van der Waals surface area contributed by atoms with Crippen molar-refractivity contribution in [2.24, 2.45) is 0 Å². The van der Waals surface area contributed by atoms with Crippen LogP contribution in [0.1, 0.15) is 18.4 Å². The number of anilines is 1. The lowest BCUT2D eigenvalue weighted by Gasteiger charge is -2.04. The second-order valence-electron chi connectivity index (χ2n) is 3.67. The highest BCUT2D eigenvalue weighted by molar-refractivity contribution is 5.91. The van der Waals surface area contributed by atoms with Gasteiger partial charge in [-0.1, -0.05) is 18.2 Å². The second kappa shape index (κ2) is 7.06. The molecule has 0 atom stereocenters. The second-order valence-corrected chi connectivity index (χ2v) is 3.67. The number of hydrogen-bond donors (Lipinski definition) is 2. The third-order valence-electron chi connectivity index (χ3n) is 2.19. The van der Waals surface area contributed by atoms with Gasteiger partial charge in [0.1, 0.15) is 0 Å². The van der Waals surface area contributed by atoms with Crippen molar-refractivity contribution < 1.29 is 14.7 Å². The highest BCUT2D eigenvalue weighted by Gasteiger charge is 2.00. The van der Waals surface area contributed by atoms with Crippen molar-refractivity contribution in [1.82, 2.24) is 0 Å². The third kappa shape index (κ3) is 5.12. The summed E-state index contributed by atoms with van der Waals surface area (Å²) >= 11 is 0. The molecule has 0 aliphatic carbocycles. The minimum absolute atomic E-state index is 0.0660. The number of carbonyl (C=O) groups is 2. The zero-order valence-electron chi connectivity index (χ0n) is 9.93. The molecule has 0 radical (unpaired) electrons. The van der Waals surface area contributed by atoms with Gasteiger partial charge in [0.25, 0.3) is 0 Å². The molecular weight excluding hydrogens is 230 g/mol. The van der Waals surface area contributed by atoms with Crippen molar-refractivity contribution in [2.45, 2.75) is 12.8 Å². The van der Waals surface area contributed by atoms with E-state index < -0.39 is 5.97 Å². The molecule has 94 valence electrons. The minimum Gasteiger partial charge on any atom is -0.478 e. The van der Waals surface area contributed by atoms with Gasteiger partial charge >= 0.3 is 5.97 Å². The van der Waals surface area contributed by atoms with E-state index in [4.69, 9.17) is 5.11 Å². The van der Waals surface area contributed by atoms with Gasteiger partial charge in [0.2, 0.25) is 5.91 Å². The van der Waals surface area contributed by atoms with Gasteiger partial charge in [-0.05, 0) is 30.2 Å². The average Bonchev–Trinajstić information content (AvgIpc) is 2.35. The number of carbonyl (C=O) groups excluding carboxylic acids is 1. The quantitative estimate of drug-likeness (QED) is 0.598. The fourth-order valence-electron chi connectivity index (χ4n) is 1.30. The summed E-state index contributed by atoms with van der Waals surface area (Å²) in [6, 6.07) is 6.94. The van der Waals surface area contributed by atoms with E-state index in [1.807, 2.05) is 0 Å². The summed E-state index contributed by atoms with van der Waals surface area (Å²) in [4.78, 5) is 21.8. The number of benzene rings is 1. The highest BCUT2D eigenvalue weighted by Crippen LogP contribution is 2.11. The predicted molar refractivity (Wildman–Crippen MR) is 71.2 cm³/mol. The van der Waals surface area contributed by atoms with Crippen LogP contribution in [0.4, 0.5) is 5.69 Å². The first-order valence-corrected chi connectivity index (χ1v) is 5.53. The maximum Gasteiger partial charge on any atom is 0.328 e. The van der Waals surface area contributed by atoms with Crippen LogP contribution in [0, 0.1) is 0 Å². The summed E-state index contributed by atoms with van der Waals surface area (Å²) in [5, 5.41) is 11.2. The molecule has 0 heterocycles. The zero-order valence-corrected chi connectivity index (χ0v) is 9.93. The summed E-state index contributed by atoms with van der Waals surface area (Å²) in [5.41, 5.74) is 1.46. The Morgan fingerprint density at radius 1 is 1.28 bits per heavy atom. The molecule has 0 saturated heterocycles. The molecule has 0 aliphatic rings. The summed E-state index contributed by atoms with van der Waals surface area (Å²) in [7, 11) is 0. The fourth-order valence-corrected chi connectivity index (χ4v) is 1.30. The number of carboxylic acid groups (broad SMARTS) is 1. The number of hydrogen-bond acceptors (Lipinski definition) is 2. The fraction of sp³-hybridized carbons (Fsp3) is 0.143. The van der Waals surface area contributed by atoms with Crippen LogP contribution in [0.25, 0.3) is 6.08 Å². The lowest BCUT2D eigenvalue weighted by molar-refractivity contribution is -0.131. The van der Waals surface area contributed by atoms with Crippen molar-refractivity contribution in [3.8, 4) is 0 Å². The summed E-state index contributed by atoms with van der Waals surface area (Å²) < 4.78 is 0. The molecule has 1 amide bonds. The van der Waals surface area contributed by atoms with Crippen LogP contribution >= 0.6 is 0 Å². The number of amides is 1. The Morgan fingerprint density at radius 3 is 2.50 bits per heavy atom. The molecule has 18 heavy (non-hydrogen) atoms. The predicted octanol–water partition coefficient (Wildman–Crippen LogP) is 2.69. The van der Waals surface area contributed by atoms with Gasteiger partial charge in [0.15, 0.2) is 0 Å². The number of aliphatic carboxylic acids is 1. The summed E-state index contributed by atoms with van der Waals surface area (Å²) in [5.74, 6) is -1.06. The van der Waals surface area contributed by atoms with Crippen molar-refractivity contribution in [3.63, 3.8) is 0 Å². The lowest BCUT2D eigenvalue weighted by atomic mass is 10.2. The van der Waals surface area contributed by atoms with Crippen LogP contribution in [0.15, 0.2) is 43.0 Å². The van der Waals surface area contributed by atoms with Gasteiger partial charge < -0.3 is 10.4 Å². The Bertz CT molecular complexity index is 460. The molecule has 0 unspecified atom stereocenters. The van der Waals surface area contributed by atoms with Crippen LogP contribution in [-0.4, -0.2) is 17.0 Å². The Labute approximate surface area is 106 Å². The number of rotatable bonds is 6. The largest absolute Gasteiger partial charge is 0.478 e. The Morgan fingerprint density at radius 2 is 1.94 bits per heavy atom. The lowest BCUT2D eigenvalue weighted by Crippen LogP contribution is -2.10. The standard InChI is InChI=1S/C14H15NO3/c1-2-3-4-13(16)15-12-8-5-11(6-9-12)7-10-14(17)18/h2,5-10H,1,3-4H2,(H,15,16)(H,17,18)/b10-7+. The Hall–Kier alpha value is -2.36. The molecule has 4 nitrogen and oxygen atoms in total. The van der Waals surface area contributed by atoms with Crippen molar-refractivity contribution in [1.29, 1.82) is 0 Å². The first kappa shape index (κ1) is 13.7. The maximum absolute atomic E-state index is 11.4. The van der Waals surface area contributed by atoms with Gasteiger partial charge in [-0.3, -0.25) is 4.79 Å². The summed E-state index contributed by atoms with van der Waals surface area (Å²) in [6.07, 6.45) is 5.30. The van der Waals surface area contributed by atoms with Crippen molar-refractivity contribution in [2.75, 3.05) is 5.32 Å². The normalized spacial score (nSPS) is 10.2. The molecular formula is C14H15NO3. The highest BCUT2D eigenvalue weighted by atomic mass is 16.4. The SMILES string of the molecule is C=CCCC(=O)Nc1ccc(/C=C/C(=O)O)cc1. The van der Waals surface area contributed by atoms with Crippen LogP contribution in [0.5, 0.6) is 0 Å². The van der Waals surface area contributed by atoms with E-state index in [9.17, 15) is 9.59 Å². The van der Waals surface area contributed by atoms with E-state index >= 15 is 0 Å². The van der Waals surface area contributed by atoms with Gasteiger partial charge in [-0.2, -0.15) is 0 Å².